The van der Waals surface area contributed by atoms with Crippen LogP contribution in [0.25, 0.3) is 6.08 Å². The van der Waals surface area contributed by atoms with E-state index < -0.39 is 62.1 Å². The van der Waals surface area contributed by atoms with Gasteiger partial charge in [0.15, 0.2) is 0 Å². The Morgan fingerprint density at radius 1 is 0.857 bits per heavy atom. The lowest BCUT2D eigenvalue weighted by molar-refractivity contribution is -0.157. The molecule has 320 valence electrons. The average molecular weight is 929 g/mol. The summed E-state index contributed by atoms with van der Waals surface area (Å²) in [6, 6.07) is 0. The van der Waals surface area contributed by atoms with Crippen molar-refractivity contribution < 1.29 is 42.9 Å². The number of ketones is 1. The lowest BCUT2D eigenvalue weighted by Gasteiger charge is -2.36. The van der Waals surface area contributed by atoms with E-state index in [0.29, 0.717) is 11.4 Å². The van der Waals surface area contributed by atoms with Gasteiger partial charge in [-0.15, -0.1) is 11.3 Å². The average Bonchev–Trinajstić information content (AvgIpc) is 3.51. The fourth-order valence-electron chi connectivity index (χ4n) is 5.53. The summed E-state index contributed by atoms with van der Waals surface area (Å²) in [7, 11) is 0. The smallest absolute Gasteiger partial charge is 0.460 e. The highest BCUT2D eigenvalue weighted by Gasteiger charge is 2.43. The molecule has 56 heavy (non-hydrogen) atoms. The summed E-state index contributed by atoms with van der Waals surface area (Å²) < 4.78 is 22.5. The van der Waals surface area contributed by atoms with Gasteiger partial charge in [-0.05, 0) is 84.1 Å². The van der Waals surface area contributed by atoms with Gasteiger partial charge in [0.1, 0.15) is 42.3 Å². The molecule has 0 spiro atoms. The van der Waals surface area contributed by atoms with E-state index in [4.69, 9.17) is 93.3 Å². The highest BCUT2D eigenvalue weighted by atomic mass is 35.6. The van der Waals surface area contributed by atoms with Crippen LogP contribution >= 0.6 is 80.9 Å². The maximum Gasteiger partial charge on any atom is 0.508 e. The van der Waals surface area contributed by atoms with E-state index in [1.807, 2.05) is 32.2 Å². The molecule has 1 aromatic heterocycles. The summed E-state index contributed by atoms with van der Waals surface area (Å²) >= 11 is 35.4. The first-order valence-corrected chi connectivity index (χ1v) is 21.5. The number of rotatable bonds is 20. The van der Waals surface area contributed by atoms with Crippen LogP contribution < -0.4 is 0 Å². The highest BCUT2D eigenvalue weighted by Crippen LogP contribution is 2.37. The first-order valence-electron chi connectivity index (χ1n) is 18.3. The SMILES string of the molecule is C/C(=C/C[C@H](C)/C(C)=C/c1csc(COC(=O)OCC(Cl)(Cl)Cl)n1)CCC[C@H](C)[C@H](OC(=O)OCC(Cl)(Cl)Cl)[C@@H](C)C(=O)C(C)(C)[C@@H](C)CC(=O)OC(C)(C)C. The van der Waals surface area contributed by atoms with E-state index in [-0.39, 0.29) is 36.6 Å². The van der Waals surface area contributed by atoms with E-state index in [2.05, 4.69) is 24.9 Å². The maximum absolute atomic E-state index is 14.0. The number of nitrogens with zero attached hydrogens (tertiary/aromatic N) is 1. The second kappa shape index (κ2) is 23.4. The highest BCUT2D eigenvalue weighted by molar-refractivity contribution is 7.09. The zero-order valence-corrected chi connectivity index (χ0v) is 39.4. The Balaban J connectivity index is 2.90. The van der Waals surface area contributed by atoms with Gasteiger partial charge in [-0.3, -0.25) is 9.59 Å². The number of hydrogen-bond donors (Lipinski definition) is 0. The van der Waals surface area contributed by atoms with Crippen molar-refractivity contribution in [2.75, 3.05) is 13.2 Å². The predicted molar refractivity (Wildman–Crippen MR) is 227 cm³/mol. The minimum absolute atomic E-state index is 0.0535. The van der Waals surface area contributed by atoms with Gasteiger partial charge < -0.3 is 23.7 Å². The van der Waals surface area contributed by atoms with Crippen LogP contribution in [0.1, 0.15) is 119 Å². The molecule has 0 aromatic carbocycles. The number of carbonyl (C=O) groups is 4. The van der Waals surface area contributed by atoms with Crippen LogP contribution in [0, 0.1) is 29.1 Å². The van der Waals surface area contributed by atoms with Gasteiger partial charge >= 0.3 is 18.3 Å². The number of aromatic nitrogens is 1. The molecule has 17 heteroatoms. The topological polar surface area (TPSA) is 127 Å². The van der Waals surface area contributed by atoms with Crippen molar-refractivity contribution in [1.82, 2.24) is 4.98 Å². The standard InChI is InChI=1S/C39H57Cl6NO9S/c1-23(15-16-24(2)26(4)17-29-20-56-30(46-29)19-51-34(49)52-21-38(40,41)42)13-12-14-25(3)32(54-35(50)53-22-39(43,44)45)28(6)33(48)37(10,11)27(5)18-31(47)55-36(7,8)9/h15,17,20,24-25,27-28,32H,12-14,16,18-19,21-22H2,1-11H3/b23-15-,26-17+/t24-,25-,27-,28+,32-/m0/s1. The quantitative estimate of drug-likeness (QED) is 0.0540. The van der Waals surface area contributed by atoms with Crippen LogP contribution in [0.3, 0.4) is 0 Å². The van der Waals surface area contributed by atoms with Gasteiger partial charge in [0.25, 0.3) is 0 Å². The number of Topliss-reactive ketones (excluding diaryl/α,β-unsaturated/α-hetero) is 1. The summed E-state index contributed by atoms with van der Waals surface area (Å²) in [5.41, 5.74) is 1.49. The number of ether oxygens (including phenoxy) is 5. The molecule has 0 saturated heterocycles. The van der Waals surface area contributed by atoms with Crippen LogP contribution in [-0.2, 0) is 39.9 Å². The lowest BCUT2D eigenvalue weighted by atomic mass is 9.69. The van der Waals surface area contributed by atoms with E-state index >= 15 is 0 Å². The fourth-order valence-corrected chi connectivity index (χ4v) is 6.52. The molecule has 0 radical (unpaired) electrons. The molecule has 0 N–H and O–H groups in total. The van der Waals surface area contributed by atoms with Crippen LogP contribution in [0.4, 0.5) is 9.59 Å². The van der Waals surface area contributed by atoms with Gasteiger partial charge in [0.05, 0.1) is 11.6 Å². The predicted octanol–water partition coefficient (Wildman–Crippen LogP) is 12.8. The number of alkyl halides is 6. The largest absolute Gasteiger partial charge is 0.508 e. The lowest BCUT2D eigenvalue weighted by Crippen LogP contribution is -2.44. The minimum Gasteiger partial charge on any atom is -0.460 e. The summed E-state index contributed by atoms with van der Waals surface area (Å²) in [5.74, 6) is -1.64. The molecule has 1 aromatic rings. The molecule has 0 unspecified atom stereocenters. The number of halogens is 6. The van der Waals surface area contributed by atoms with Crippen LogP contribution in [0.15, 0.2) is 22.6 Å². The number of thiazole rings is 1. The number of esters is 1. The third kappa shape index (κ3) is 21.5. The summed E-state index contributed by atoms with van der Waals surface area (Å²) in [5, 5.41) is 2.47. The minimum atomic E-state index is -1.83. The monoisotopic (exact) mass is 925 g/mol. The van der Waals surface area contributed by atoms with Crippen LogP contribution in [-0.4, -0.2) is 61.6 Å². The molecule has 10 nitrogen and oxygen atoms in total. The Morgan fingerprint density at radius 2 is 1.43 bits per heavy atom. The molecule has 0 amide bonds. The second-order valence-electron chi connectivity index (χ2n) is 15.9. The third-order valence-corrected chi connectivity index (χ3v) is 10.7. The molecule has 0 fully saturated rings. The van der Waals surface area contributed by atoms with Crippen molar-refractivity contribution in [1.29, 1.82) is 0 Å². The van der Waals surface area contributed by atoms with Crippen molar-refractivity contribution in [3.05, 3.63) is 33.3 Å². The van der Waals surface area contributed by atoms with E-state index in [0.717, 1.165) is 30.5 Å². The van der Waals surface area contributed by atoms with Gasteiger partial charge in [0.2, 0.25) is 7.59 Å². The summed E-state index contributed by atoms with van der Waals surface area (Å²) in [6.07, 6.45) is 4.45. The number of carbonyl (C=O) groups excluding carboxylic acids is 4. The van der Waals surface area contributed by atoms with Crippen molar-refractivity contribution >= 4 is 111 Å². The van der Waals surface area contributed by atoms with Gasteiger partial charge in [0, 0.05) is 17.2 Å². The van der Waals surface area contributed by atoms with E-state index in [9.17, 15) is 19.2 Å². The van der Waals surface area contributed by atoms with E-state index in [1.165, 1.54) is 16.9 Å². The zero-order chi connectivity index (χ0) is 43.2. The molecule has 0 aliphatic heterocycles. The molecule has 0 aliphatic carbocycles. The molecule has 0 bridgehead atoms. The zero-order valence-electron chi connectivity index (χ0n) is 34.1. The van der Waals surface area contributed by atoms with Crippen LogP contribution in [0.2, 0.25) is 0 Å². The Morgan fingerprint density at radius 3 is 1.98 bits per heavy atom. The Bertz CT molecular complexity index is 1510. The Kier molecular flexibility index (Phi) is 21.9. The Labute approximate surface area is 366 Å². The van der Waals surface area contributed by atoms with Gasteiger partial charge in [-0.2, -0.15) is 0 Å². The number of hydrogen-bond acceptors (Lipinski definition) is 11. The molecule has 5 atom stereocenters. The maximum atomic E-state index is 14.0. The third-order valence-electron chi connectivity index (χ3n) is 9.25. The first kappa shape index (κ1) is 52.5. The van der Waals surface area contributed by atoms with Crippen molar-refractivity contribution in [3.63, 3.8) is 0 Å². The van der Waals surface area contributed by atoms with E-state index in [1.54, 1.807) is 41.5 Å². The summed E-state index contributed by atoms with van der Waals surface area (Å²) in [6.45, 7) is 19.7. The molecular formula is C39H57Cl6NO9S. The molecule has 1 rings (SSSR count). The first-order chi connectivity index (χ1) is 25.5. The molecular weight excluding hydrogens is 871 g/mol. The normalized spacial score (nSPS) is 15.9. The number of allylic oxidation sites excluding steroid dienone is 3. The van der Waals surface area contributed by atoms with Crippen molar-refractivity contribution in [2.45, 2.75) is 134 Å². The molecule has 0 saturated carbocycles. The van der Waals surface area contributed by atoms with Crippen molar-refractivity contribution in [3.8, 4) is 0 Å². The summed E-state index contributed by atoms with van der Waals surface area (Å²) in [4.78, 5) is 55.6. The van der Waals surface area contributed by atoms with Gasteiger partial charge in [-0.25, -0.2) is 14.6 Å². The second-order valence-corrected chi connectivity index (χ2v) is 21.8. The van der Waals surface area contributed by atoms with Crippen LogP contribution in [0.5, 0.6) is 0 Å². The van der Waals surface area contributed by atoms with Crippen molar-refractivity contribution in [2.24, 2.45) is 29.1 Å². The van der Waals surface area contributed by atoms with Gasteiger partial charge in [-0.1, -0.05) is 128 Å². The molecule has 0 aliphatic rings. The molecule has 1 heterocycles. The Hall–Kier alpha value is -1.47. The fraction of sp³-hybridized carbons (Fsp3) is 0.718.